The fraction of sp³-hybridized carbons (Fsp3) is 0.368. The summed E-state index contributed by atoms with van der Waals surface area (Å²) in [7, 11) is 4.75. The van der Waals surface area contributed by atoms with E-state index >= 15 is 0 Å². The molecule has 2 aromatic rings. The molecule has 0 fully saturated rings. The first-order chi connectivity index (χ1) is 12.1. The van der Waals surface area contributed by atoms with Crippen molar-refractivity contribution in [1.82, 2.24) is 5.32 Å². The summed E-state index contributed by atoms with van der Waals surface area (Å²) < 4.78 is 15.7. The molecule has 0 aromatic heterocycles. The Labute approximate surface area is 153 Å². The average Bonchev–Trinajstić information content (AvgIpc) is 2.65. The van der Waals surface area contributed by atoms with Gasteiger partial charge < -0.3 is 24.6 Å². The number of benzene rings is 2. The molecule has 0 aliphatic carbocycles. The van der Waals surface area contributed by atoms with E-state index in [1.807, 2.05) is 36.4 Å². The van der Waals surface area contributed by atoms with E-state index in [0.29, 0.717) is 36.0 Å². The quantitative estimate of drug-likeness (QED) is 0.668. The molecule has 25 heavy (non-hydrogen) atoms. The normalized spacial score (nSPS) is 11.9. The number of nitrogens with one attached hydrogen (secondary N) is 1. The number of halogens is 1. The lowest BCUT2D eigenvalue weighted by molar-refractivity contribution is 0.174. The van der Waals surface area contributed by atoms with E-state index in [2.05, 4.69) is 5.32 Å². The second-order valence-electron chi connectivity index (χ2n) is 5.52. The summed E-state index contributed by atoms with van der Waals surface area (Å²) in [6, 6.07) is 11.2. The zero-order valence-electron chi connectivity index (χ0n) is 14.7. The Kier molecular flexibility index (Phi) is 7.37. The van der Waals surface area contributed by atoms with Crippen LogP contribution in [0.5, 0.6) is 17.2 Å². The van der Waals surface area contributed by atoms with Crippen LogP contribution in [-0.4, -0.2) is 39.5 Å². The molecule has 0 aliphatic heterocycles. The highest BCUT2D eigenvalue weighted by Gasteiger charge is 2.13. The first-order valence-electron chi connectivity index (χ1n) is 8.02. The van der Waals surface area contributed by atoms with Gasteiger partial charge in [-0.05, 0) is 42.3 Å². The van der Waals surface area contributed by atoms with E-state index in [1.165, 1.54) is 0 Å². The number of rotatable bonds is 9. The summed E-state index contributed by atoms with van der Waals surface area (Å²) in [5.41, 5.74) is 1.78. The van der Waals surface area contributed by atoms with Crippen LogP contribution in [0.2, 0.25) is 5.02 Å². The third-order valence-corrected chi connectivity index (χ3v) is 4.37. The molecule has 136 valence electrons. The van der Waals surface area contributed by atoms with Gasteiger partial charge in [0, 0.05) is 6.54 Å². The molecule has 0 saturated carbocycles. The third-order valence-electron chi connectivity index (χ3n) is 3.95. The molecule has 6 heteroatoms. The minimum absolute atomic E-state index is 0.443. The van der Waals surface area contributed by atoms with Crippen molar-refractivity contribution in [2.45, 2.75) is 12.5 Å². The number of aliphatic hydroxyl groups excluding tert-OH is 1. The van der Waals surface area contributed by atoms with E-state index < -0.39 is 6.10 Å². The van der Waals surface area contributed by atoms with Gasteiger partial charge >= 0.3 is 0 Å². The van der Waals surface area contributed by atoms with Gasteiger partial charge in [-0.3, -0.25) is 0 Å². The lowest BCUT2D eigenvalue weighted by Gasteiger charge is -2.15. The molecule has 0 spiro atoms. The Hall–Kier alpha value is -1.95. The maximum atomic E-state index is 10.3. The topological polar surface area (TPSA) is 60.0 Å². The molecule has 2 rings (SSSR count). The van der Waals surface area contributed by atoms with Crippen LogP contribution in [-0.2, 0) is 6.42 Å². The van der Waals surface area contributed by atoms with Crippen LogP contribution < -0.4 is 19.5 Å². The molecular weight excluding hydrogens is 342 g/mol. The fourth-order valence-electron chi connectivity index (χ4n) is 2.55. The highest BCUT2D eigenvalue weighted by atomic mass is 35.5. The molecule has 2 aromatic carbocycles. The van der Waals surface area contributed by atoms with Gasteiger partial charge in [-0.15, -0.1) is 0 Å². The maximum absolute atomic E-state index is 10.3. The van der Waals surface area contributed by atoms with Crippen molar-refractivity contribution in [3.63, 3.8) is 0 Å². The van der Waals surface area contributed by atoms with Gasteiger partial charge in [0.15, 0.2) is 11.5 Å². The number of aliphatic hydroxyl groups is 1. The van der Waals surface area contributed by atoms with Gasteiger partial charge in [0.05, 0.1) is 32.5 Å². The Bertz CT molecular complexity index is 693. The fourth-order valence-corrected chi connectivity index (χ4v) is 2.88. The monoisotopic (exact) mass is 365 g/mol. The van der Waals surface area contributed by atoms with Gasteiger partial charge in [0.1, 0.15) is 5.75 Å². The van der Waals surface area contributed by atoms with Crippen LogP contribution in [0.25, 0.3) is 0 Å². The lowest BCUT2D eigenvalue weighted by atomic mass is 10.1. The molecule has 2 N–H and O–H groups in total. The van der Waals surface area contributed by atoms with Gasteiger partial charge in [0.2, 0.25) is 0 Å². The Balaban J connectivity index is 1.88. The van der Waals surface area contributed by atoms with Crippen molar-refractivity contribution in [3.8, 4) is 17.2 Å². The molecule has 0 amide bonds. The zero-order valence-corrected chi connectivity index (χ0v) is 15.5. The third kappa shape index (κ3) is 5.01. The van der Waals surface area contributed by atoms with E-state index in [9.17, 15) is 5.11 Å². The van der Waals surface area contributed by atoms with E-state index in [-0.39, 0.29) is 0 Å². The first kappa shape index (κ1) is 19.4. The summed E-state index contributed by atoms with van der Waals surface area (Å²) in [5.74, 6) is 1.88. The molecule has 0 saturated heterocycles. The van der Waals surface area contributed by atoms with E-state index in [1.54, 1.807) is 21.3 Å². The van der Waals surface area contributed by atoms with Gasteiger partial charge in [0.25, 0.3) is 0 Å². The van der Waals surface area contributed by atoms with Crippen LogP contribution in [0.15, 0.2) is 36.4 Å². The number of hydrogen-bond donors (Lipinski definition) is 2. The minimum atomic E-state index is -0.601. The first-order valence-corrected chi connectivity index (χ1v) is 8.40. The minimum Gasteiger partial charge on any atom is -0.497 e. The van der Waals surface area contributed by atoms with E-state index in [4.69, 9.17) is 25.8 Å². The molecule has 0 bridgehead atoms. The predicted octanol–water partition coefficient (Wildman–Crippen LogP) is 3.23. The van der Waals surface area contributed by atoms with Crippen molar-refractivity contribution >= 4 is 11.6 Å². The number of ether oxygens (including phenoxy) is 3. The maximum Gasteiger partial charge on any atom is 0.179 e. The lowest BCUT2D eigenvalue weighted by Crippen LogP contribution is -2.23. The molecule has 5 nitrogen and oxygen atoms in total. The second-order valence-corrected chi connectivity index (χ2v) is 5.90. The molecular formula is C19H24ClNO4. The van der Waals surface area contributed by atoms with Crippen LogP contribution >= 0.6 is 11.6 Å². The standard InChI is InChI=1S/C19H24ClNO4/c1-23-15-6-4-5-14(11-15)16(22)12-21-10-9-13-7-8-17(24-2)19(25-3)18(13)20/h4-8,11,16,21-22H,9-10,12H2,1-3H3. The van der Waals surface area contributed by atoms with Crippen LogP contribution in [0.4, 0.5) is 0 Å². The number of methoxy groups -OCH3 is 3. The average molecular weight is 366 g/mol. The molecule has 1 unspecified atom stereocenters. The molecule has 1 atom stereocenters. The SMILES string of the molecule is COc1cccc(C(O)CNCCc2ccc(OC)c(OC)c2Cl)c1. The summed E-state index contributed by atoms with van der Waals surface area (Å²) >= 11 is 6.37. The highest BCUT2D eigenvalue weighted by molar-refractivity contribution is 6.33. The molecule has 0 aliphatic rings. The van der Waals surface area contributed by atoms with Gasteiger partial charge in [-0.25, -0.2) is 0 Å². The summed E-state index contributed by atoms with van der Waals surface area (Å²) in [6.07, 6.45) is 0.111. The van der Waals surface area contributed by atoms with Crippen molar-refractivity contribution in [1.29, 1.82) is 0 Å². The second kappa shape index (κ2) is 9.51. The van der Waals surface area contributed by atoms with Crippen molar-refractivity contribution in [2.75, 3.05) is 34.4 Å². The van der Waals surface area contributed by atoms with Crippen molar-refractivity contribution in [2.24, 2.45) is 0 Å². The van der Waals surface area contributed by atoms with Crippen molar-refractivity contribution < 1.29 is 19.3 Å². The van der Waals surface area contributed by atoms with Gasteiger partial charge in [-0.1, -0.05) is 29.8 Å². The number of hydrogen-bond acceptors (Lipinski definition) is 5. The van der Waals surface area contributed by atoms with Crippen LogP contribution in [0.3, 0.4) is 0 Å². The largest absolute Gasteiger partial charge is 0.497 e. The van der Waals surface area contributed by atoms with Crippen LogP contribution in [0.1, 0.15) is 17.2 Å². The Morgan fingerprint density at radius 1 is 1.08 bits per heavy atom. The zero-order chi connectivity index (χ0) is 18.2. The van der Waals surface area contributed by atoms with Crippen molar-refractivity contribution in [3.05, 3.63) is 52.5 Å². The molecule has 0 radical (unpaired) electrons. The molecule has 0 heterocycles. The Morgan fingerprint density at radius 2 is 1.88 bits per heavy atom. The van der Waals surface area contributed by atoms with E-state index in [0.717, 1.165) is 16.9 Å². The smallest absolute Gasteiger partial charge is 0.179 e. The van der Waals surface area contributed by atoms with Gasteiger partial charge in [-0.2, -0.15) is 0 Å². The predicted molar refractivity (Wildman–Crippen MR) is 99.1 cm³/mol. The summed E-state index contributed by atoms with van der Waals surface area (Å²) in [4.78, 5) is 0. The summed E-state index contributed by atoms with van der Waals surface area (Å²) in [6.45, 7) is 1.12. The Morgan fingerprint density at radius 3 is 2.56 bits per heavy atom. The van der Waals surface area contributed by atoms with Crippen LogP contribution in [0, 0.1) is 0 Å². The summed E-state index contributed by atoms with van der Waals surface area (Å²) in [5, 5.41) is 14.1. The highest BCUT2D eigenvalue weighted by Crippen LogP contribution is 2.37.